The molecule has 0 saturated carbocycles. The highest BCUT2D eigenvalue weighted by atomic mass is 16.5. The van der Waals surface area contributed by atoms with Gasteiger partial charge < -0.3 is 19.9 Å². The molecule has 2 atom stereocenters. The zero-order chi connectivity index (χ0) is 17.5. The highest BCUT2D eigenvalue weighted by molar-refractivity contribution is 5.43. The van der Waals surface area contributed by atoms with Gasteiger partial charge >= 0.3 is 0 Å². The molecule has 2 aromatic rings. The highest BCUT2D eigenvalue weighted by Crippen LogP contribution is 2.30. The first kappa shape index (κ1) is 18.3. The molecule has 2 aromatic carbocycles. The summed E-state index contributed by atoms with van der Waals surface area (Å²) in [4.78, 5) is 0. The van der Waals surface area contributed by atoms with E-state index in [1.165, 1.54) is 5.56 Å². The van der Waals surface area contributed by atoms with Gasteiger partial charge in [0, 0.05) is 6.04 Å². The van der Waals surface area contributed by atoms with Crippen LogP contribution >= 0.6 is 0 Å². The van der Waals surface area contributed by atoms with E-state index in [0.717, 1.165) is 17.5 Å². The van der Waals surface area contributed by atoms with Gasteiger partial charge in [0.05, 0.1) is 26.9 Å². The van der Waals surface area contributed by atoms with Crippen molar-refractivity contribution in [2.45, 2.75) is 32.4 Å². The fraction of sp³-hybridized carbons (Fsp3) is 0.400. The van der Waals surface area contributed by atoms with Gasteiger partial charge in [-0.2, -0.15) is 0 Å². The minimum atomic E-state index is -0.112. The Bertz CT molecular complexity index is 640. The van der Waals surface area contributed by atoms with Gasteiger partial charge in [0.25, 0.3) is 0 Å². The number of benzene rings is 2. The summed E-state index contributed by atoms with van der Waals surface area (Å²) in [5.74, 6) is 1.42. The van der Waals surface area contributed by atoms with Crippen LogP contribution < -0.4 is 14.8 Å². The van der Waals surface area contributed by atoms with Crippen LogP contribution in [0.25, 0.3) is 0 Å². The van der Waals surface area contributed by atoms with Crippen LogP contribution in [0.15, 0.2) is 42.5 Å². The Hall–Kier alpha value is -2.04. The van der Waals surface area contributed by atoms with Gasteiger partial charge in [-0.25, -0.2) is 0 Å². The molecule has 0 heterocycles. The quantitative estimate of drug-likeness (QED) is 0.776. The van der Waals surface area contributed by atoms with E-state index in [1.807, 2.05) is 18.2 Å². The Balaban J connectivity index is 2.14. The van der Waals surface area contributed by atoms with Crippen LogP contribution in [0.2, 0.25) is 0 Å². The molecule has 24 heavy (non-hydrogen) atoms. The molecule has 0 radical (unpaired) electrons. The molecular weight excluding hydrogens is 302 g/mol. The lowest BCUT2D eigenvalue weighted by atomic mass is 10.0. The maximum atomic E-state index is 9.78. The average molecular weight is 329 g/mol. The largest absolute Gasteiger partial charge is 0.493 e. The van der Waals surface area contributed by atoms with Crippen molar-refractivity contribution in [1.29, 1.82) is 0 Å². The van der Waals surface area contributed by atoms with E-state index in [9.17, 15) is 5.11 Å². The van der Waals surface area contributed by atoms with Crippen molar-refractivity contribution in [2.24, 2.45) is 0 Å². The number of ether oxygens (including phenoxy) is 2. The summed E-state index contributed by atoms with van der Waals surface area (Å²) in [7, 11) is 3.26. The molecule has 0 amide bonds. The molecule has 0 saturated heterocycles. The zero-order valence-corrected chi connectivity index (χ0v) is 14.9. The van der Waals surface area contributed by atoms with E-state index in [0.29, 0.717) is 11.5 Å². The monoisotopic (exact) mass is 329 g/mol. The number of aliphatic hydroxyl groups is 1. The third-order valence-corrected chi connectivity index (χ3v) is 4.33. The fourth-order valence-corrected chi connectivity index (χ4v) is 2.76. The first-order chi connectivity index (χ1) is 11.6. The van der Waals surface area contributed by atoms with Crippen molar-refractivity contribution in [3.63, 3.8) is 0 Å². The second-order valence-corrected chi connectivity index (χ2v) is 5.83. The van der Waals surface area contributed by atoms with Crippen molar-refractivity contribution in [1.82, 2.24) is 5.32 Å². The third-order valence-electron chi connectivity index (χ3n) is 4.33. The van der Waals surface area contributed by atoms with Gasteiger partial charge in [-0.3, -0.25) is 0 Å². The van der Waals surface area contributed by atoms with Crippen LogP contribution in [0, 0.1) is 0 Å². The summed E-state index contributed by atoms with van der Waals surface area (Å²) in [6, 6.07) is 14.2. The summed E-state index contributed by atoms with van der Waals surface area (Å²) in [5, 5.41) is 13.3. The molecule has 4 nitrogen and oxygen atoms in total. The summed E-state index contributed by atoms with van der Waals surface area (Å²) in [6.07, 6.45) is 1.01. The number of methoxy groups -OCH3 is 2. The van der Waals surface area contributed by atoms with E-state index >= 15 is 0 Å². The van der Waals surface area contributed by atoms with E-state index < -0.39 is 0 Å². The predicted molar refractivity (Wildman–Crippen MR) is 96.7 cm³/mol. The van der Waals surface area contributed by atoms with Crippen molar-refractivity contribution < 1.29 is 14.6 Å². The maximum absolute atomic E-state index is 9.78. The van der Waals surface area contributed by atoms with Gasteiger partial charge in [-0.15, -0.1) is 0 Å². The van der Waals surface area contributed by atoms with Crippen LogP contribution in [-0.2, 0) is 6.42 Å². The van der Waals surface area contributed by atoms with Crippen LogP contribution in [-0.4, -0.2) is 25.9 Å². The lowest BCUT2D eigenvalue weighted by Gasteiger charge is -2.23. The third kappa shape index (κ3) is 4.28. The standard InChI is InChI=1S/C20H27NO3/c1-5-15-6-8-16(9-7-15)18(13-22)21-14(2)17-10-11-19(23-3)20(12-17)24-4/h6-12,14,18,21-22H,5,13H2,1-4H3. The Morgan fingerprint density at radius 2 is 1.58 bits per heavy atom. The lowest BCUT2D eigenvalue weighted by molar-refractivity contribution is 0.235. The lowest BCUT2D eigenvalue weighted by Crippen LogP contribution is -2.27. The van der Waals surface area contributed by atoms with Gasteiger partial charge in [0.15, 0.2) is 11.5 Å². The normalized spacial score (nSPS) is 13.4. The summed E-state index contributed by atoms with van der Waals surface area (Å²) in [5.41, 5.74) is 3.46. The SMILES string of the molecule is CCc1ccc(C(CO)NC(C)c2ccc(OC)c(OC)c2)cc1. The highest BCUT2D eigenvalue weighted by Gasteiger charge is 2.16. The second kappa shape index (κ2) is 8.71. The number of aliphatic hydroxyl groups excluding tert-OH is 1. The summed E-state index contributed by atoms with van der Waals surface area (Å²) < 4.78 is 10.6. The van der Waals surface area contributed by atoms with Crippen LogP contribution in [0.1, 0.15) is 42.6 Å². The molecule has 130 valence electrons. The number of nitrogens with one attached hydrogen (secondary N) is 1. The average Bonchev–Trinajstić information content (AvgIpc) is 2.65. The second-order valence-electron chi connectivity index (χ2n) is 5.83. The number of hydrogen-bond acceptors (Lipinski definition) is 4. The minimum absolute atomic E-state index is 0.0447. The molecule has 0 bridgehead atoms. The fourth-order valence-electron chi connectivity index (χ4n) is 2.76. The predicted octanol–water partition coefficient (Wildman–Crippen LogP) is 3.65. The van der Waals surface area contributed by atoms with Crippen molar-refractivity contribution in [3.05, 3.63) is 59.2 Å². The molecule has 0 aliphatic rings. The first-order valence-electron chi connectivity index (χ1n) is 8.30. The van der Waals surface area contributed by atoms with Crippen molar-refractivity contribution >= 4 is 0 Å². The van der Waals surface area contributed by atoms with Gasteiger partial charge in [0.2, 0.25) is 0 Å². The Morgan fingerprint density at radius 1 is 0.958 bits per heavy atom. The number of rotatable bonds is 8. The first-order valence-corrected chi connectivity index (χ1v) is 8.30. The Labute approximate surface area is 144 Å². The molecule has 4 heteroatoms. The number of aryl methyl sites for hydroxylation is 1. The minimum Gasteiger partial charge on any atom is -0.493 e. The smallest absolute Gasteiger partial charge is 0.161 e. The molecule has 0 aliphatic carbocycles. The topological polar surface area (TPSA) is 50.7 Å². The van der Waals surface area contributed by atoms with Gasteiger partial charge in [0.1, 0.15) is 0 Å². The van der Waals surface area contributed by atoms with E-state index in [-0.39, 0.29) is 18.7 Å². The van der Waals surface area contributed by atoms with Crippen LogP contribution in [0.4, 0.5) is 0 Å². The zero-order valence-electron chi connectivity index (χ0n) is 14.9. The van der Waals surface area contributed by atoms with Gasteiger partial charge in [-0.1, -0.05) is 37.3 Å². The molecular formula is C20H27NO3. The van der Waals surface area contributed by atoms with Crippen LogP contribution in [0.3, 0.4) is 0 Å². The summed E-state index contributed by atoms with van der Waals surface area (Å²) >= 11 is 0. The maximum Gasteiger partial charge on any atom is 0.161 e. The Kier molecular flexibility index (Phi) is 6.64. The molecule has 2 rings (SSSR count). The van der Waals surface area contributed by atoms with Crippen molar-refractivity contribution in [2.75, 3.05) is 20.8 Å². The molecule has 2 unspecified atom stereocenters. The number of hydrogen-bond donors (Lipinski definition) is 2. The van der Waals surface area contributed by atoms with Gasteiger partial charge in [-0.05, 0) is 42.2 Å². The van der Waals surface area contributed by atoms with E-state index in [2.05, 4.69) is 43.4 Å². The molecule has 0 aromatic heterocycles. The molecule has 0 spiro atoms. The van der Waals surface area contributed by atoms with Crippen molar-refractivity contribution in [3.8, 4) is 11.5 Å². The molecule has 0 aliphatic heterocycles. The van der Waals surface area contributed by atoms with Crippen LogP contribution in [0.5, 0.6) is 11.5 Å². The summed E-state index contributed by atoms with van der Waals surface area (Å²) in [6.45, 7) is 4.25. The Morgan fingerprint density at radius 3 is 2.12 bits per heavy atom. The molecule has 0 fully saturated rings. The van der Waals surface area contributed by atoms with E-state index in [1.54, 1.807) is 14.2 Å². The van der Waals surface area contributed by atoms with E-state index in [4.69, 9.17) is 9.47 Å². The molecule has 2 N–H and O–H groups in total.